The van der Waals surface area contributed by atoms with Gasteiger partial charge in [0.05, 0.1) is 7.11 Å². The van der Waals surface area contributed by atoms with E-state index in [0.717, 1.165) is 42.8 Å². The first-order valence-electron chi connectivity index (χ1n) is 9.10. The Bertz CT molecular complexity index is 871. The summed E-state index contributed by atoms with van der Waals surface area (Å²) in [5.41, 5.74) is 1.72. The predicted octanol–water partition coefficient (Wildman–Crippen LogP) is 2.75. The summed E-state index contributed by atoms with van der Waals surface area (Å²) in [6.45, 7) is 2.31. The zero-order valence-electron chi connectivity index (χ0n) is 15.2. The highest BCUT2D eigenvalue weighted by molar-refractivity contribution is 6.46. The van der Waals surface area contributed by atoms with E-state index in [1.54, 1.807) is 19.2 Å². The minimum atomic E-state index is -0.523. The van der Waals surface area contributed by atoms with E-state index in [4.69, 9.17) is 9.73 Å². The fourth-order valence-electron chi connectivity index (χ4n) is 3.72. The van der Waals surface area contributed by atoms with Gasteiger partial charge in [-0.15, -0.1) is 0 Å². The van der Waals surface area contributed by atoms with E-state index in [9.17, 15) is 9.18 Å². The lowest BCUT2D eigenvalue weighted by Gasteiger charge is -2.37. The van der Waals surface area contributed by atoms with E-state index in [2.05, 4.69) is 10.2 Å². The highest BCUT2D eigenvalue weighted by Gasteiger charge is 2.42. The maximum absolute atomic E-state index is 13.4. The van der Waals surface area contributed by atoms with Crippen molar-refractivity contribution in [2.75, 3.05) is 20.2 Å². The monoisotopic (exact) mass is 367 g/mol. The molecule has 4 rings (SSSR count). The van der Waals surface area contributed by atoms with E-state index in [0.29, 0.717) is 12.3 Å². The van der Waals surface area contributed by atoms with Gasteiger partial charge in [-0.2, -0.15) is 0 Å². The third-order valence-corrected chi connectivity index (χ3v) is 5.23. The fraction of sp³-hybridized carbons (Fsp3) is 0.333. The number of carbonyl (C=O) groups excluding carboxylic acids is 1. The summed E-state index contributed by atoms with van der Waals surface area (Å²) < 4.78 is 18.5. The number of nitrogens with one attached hydrogen (secondary N) is 1. The molecular formula is C21H22FN3O2. The number of nitrogens with zero attached hydrogens (tertiary/aromatic N) is 2. The molecule has 1 amide bonds. The quantitative estimate of drug-likeness (QED) is 0.904. The standard InChI is InChI=1S/C21H22FN3O2/c1-27-18-7-5-16(6-8-18)19-20(26)24-21(23-19)9-11-25(12-10-21)14-15-3-2-4-17(22)13-15/h2-8,13H,9-12,14H2,1H3,(H,24,26). The van der Waals surface area contributed by atoms with Crippen LogP contribution in [0.2, 0.25) is 0 Å². The Morgan fingerprint density at radius 3 is 2.59 bits per heavy atom. The summed E-state index contributed by atoms with van der Waals surface area (Å²) in [5, 5.41) is 3.08. The second-order valence-electron chi connectivity index (χ2n) is 7.08. The summed E-state index contributed by atoms with van der Waals surface area (Å²) in [7, 11) is 1.61. The first kappa shape index (κ1) is 17.7. The van der Waals surface area contributed by atoms with E-state index in [1.807, 2.05) is 30.3 Å². The van der Waals surface area contributed by atoms with Crippen molar-refractivity contribution < 1.29 is 13.9 Å². The number of ether oxygens (including phenoxy) is 1. The molecular weight excluding hydrogens is 345 g/mol. The third kappa shape index (κ3) is 3.71. The van der Waals surface area contributed by atoms with Crippen molar-refractivity contribution in [1.29, 1.82) is 0 Å². The Kier molecular flexibility index (Phi) is 4.66. The molecule has 1 saturated heterocycles. The van der Waals surface area contributed by atoms with Crippen molar-refractivity contribution in [2.24, 2.45) is 4.99 Å². The molecule has 0 bridgehead atoms. The molecule has 0 radical (unpaired) electrons. The van der Waals surface area contributed by atoms with Gasteiger partial charge in [-0.25, -0.2) is 4.39 Å². The van der Waals surface area contributed by atoms with Gasteiger partial charge in [0.1, 0.15) is 22.9 Å². The average molecular weight is 367 g/mol. The predicted molar refractivity (Wildman–Crippen MR) is 101 cm³/mol. The van der Waals surface area contributed by atoms with Crippen molar-refractivity contribution in [1.82, 2.24) is 10.2 Å². The molecule has 1 spiro atoms. The average Bonchev–Trinajstić information content (AvgIpc) is 3.00. The number of hydrogen-bond acceptors (Lipinski definition) is 4. The molecule has 1 N–H and O–H groups in total. The molecule has 2 heterocycles. The number of piperidine rings is 1. The van der Waals surface area contributed by atoms with Gasteiger partial charge < -0.3 is 10.1 Å². The lowest BCUT2D eigenvalue weighted by atomic mass is 9.97. The van der Waals surface area contributed by atoms with Crippen molar-refractivity contribution in [3.63, 3.8) is 0 Å². The number of rotatable bonds is 4. The summed E-state index contributed by atoms with van der Waals surface area (Å²) in [5.74, 6) is 0.412. The molecule has 27 heavy (non-hydrogen) atoms. The maximum Gasteiger partial charge on any atom is 0.272 e. The van der Waals surface area contributed by atoms with Crippen molar-refractivity contribution >= 4 is 11.6 Å². The van der Waals surface area contributed by atoms with Gasteiger partial charge in [0, 0.05) is 38.0 Å². The highest BCUT2D eigenvalue weighted by atomic mass is 19.1. The molecule has 1 fully saturated rings. The minimum Gasteiger partial charge on any atom is -0.497 e. The van der Waals surface area contributed by atoms with Gasteiger partial charge in [0.2, 0.25) is 0 Å². The van der Waals surface area contributed by atoms with Crippen LogP contribution in [0.5, 0.6) is 5.75 Å². The van der Waals surface area contributed by atoms with Crippen LogP contribution in [-0.4, -0.2) is 42.4 Å². The summed E-state index contributed by atoms with van der Waals surface area (Å²) in [4.78, 5) is 19.5. The van der Waals surface area contributed by atoms with Crippen molar-refractivity contribution in [2.45, 2.75) is 25.0 Å². The number of aliphatic imine (C=N–C) groups is 1. The van der Waals surface area contributed by atoms with Gasteiger partial charge in [-0.3, -0.25) is 14.7 Å². The highest BCUT2D eigenvalue weighted by Crippen LogP contribution is 2.29. The van der Waals surface area contributed by atoms with Crippen LogP contribution in [0.25, 0.3) is 0 Å². The Labute approximate surface area is 157 Å². The largest absolute Gasteiger partial charge is 0.497 e. The van der Waals surface area contributed by atoms with Crippen LogP contribution in [0, 0.1) is 5.82 Å². The summed E-state index contributed by atoms with van der Waals surface area (Å²) in [6.07, 6.45) is 1.49. The van der Waals surface area contributed by atoms with Crippen LogP contribution >= 0.6 is 0 Å². The molecule has 0 saturated carbocycles. The van der Waals surface area contributed by atoms with Crippen molar-refractivity contribution in [3.8, 4) is 5.75 Å². The van der Waals surface area contributed by atoms with Crippen molar-refractivity contribution in [3.05, 3.63) is 65.5 Å². The maximum atomic E-state index is 13.4. The Hall–Kier alpha value is -2.73. The van der Waals surface area contributed by atoms with E-state index in [1.165, 1.54) is 6.07 Å². The van der Waals surface area contributed by atoms with Crippen LogP contribution in [0.4, 0.5) is 4.39 Å². The molecule has 5 nitrogen and oxygen atoms in total. The second-order valence-corrected chi connectivity index (χ2v) is 7.08. The molecule has 2 aromatic carbocycles. The van der Waals surface area contributed by atoms with Crippen LogP contribution in [0.3, 0.4) is 0 Å². The van der Waals surface area contributed by atoms with Gasteiger partial charge in [0.25, 0.3) is 5.91 Å². The number of hydrogen-bond donors (Lipinski definition) is 1. The van der Waals surface area contributed by atoms with Crippen LogP contribution < -0.4 is 10.1 Å². The van der Waals surface area contributed by atoms with Gasteiger partial charge in [-0.1, -0.05) is 12.1 Å². The van der Waals surface area contributed by atoms with E-state index >= 15 is 0 Å². The molecule has 0 unspecified atom stereocenters. The molecule has 0 aliphatic carbocycles. The lowest BCUT2D eigenvalue weighted by Crippen LogP contribution is -2.50. The fourth-order valence-corrected chi connectivity index (χ4v) is 3.72. The minimum absolute atomic E-state index is 0.126. The Morgan fingerprint density at radius 1 is 1.19 bits per heavy atom. The number of halogens is 1. The first-order chi connectivity index (χ1) is 13.1. The number of amides is 1. The van der Waals surface area contributed by atoms with Gasteiger partial charge in [-0.05, 0) is 42.0 Å². The molecule has 0 aromatic heterocycles. The van der Waals surface area contributed by atoms with Gasteiger partial charge in [0.15, 0.2) is 0 Å². The zero-order valence-corrected chi connectivity index (χ0v) is 15.2. The topological polar surface area (TPSA) is 53.9 Å². The number of benzene rings is 2. The normalized spacial score (nSPS) is 19.0. The third-order valence-electron chi connectivity index (χ3n) is 5.23. The van der Waals surface area contributed by atoms with Crippen LogP contribution in [-0.2, 0) is 11.3 Å². The van der Waals surface area contributed by atoms with E-state index in [-0.39, 0.29) is 11.7 Å². The zero-order chi connectivity index (χ0) is 18.9. The van der Waals surface area contributed by atoms with E-state index < -0.39 is 5.66 Å². The van der Waals surface area contributed by atoms with Gasteiger partial charge >= 0.3 is 0 Å². The SMILES string of the molecule is COc1ccc(C2=NC3(CCN(Cc4cccc(F)c4)CC3)NC2=O)cc1. The number of carbonyl (C=O) groups is 1. The number of methoxy groups -OCH3 is 1. The summed E-state index contributed by atoms with van der Waals surface area (Å²) >= 11 is 0. The second kappa shape index (κ2) is 7.12. The lowest BCUT2D eigenvalue weighted by molar-refractivity contribution is -0.115. The summed E-state index contributed by atoms with van der Waals surface area (Å²) in [6, 6.07) is 14.1. The molecule has 140 valence electrons. The Balaban J connectivity index is 1.44. The molecule has 0 atom stereocenters. The first-order valence-corrected chi connectivity index (χ1v) is 9.10. The molecule has 2 aromatic rings. The Morgan fingerprint density at radius 2 is 1.93 bits per heavy atom. The molecule has 2 aliphatic rings. The smallest absolute Gasteiger partial charge is 0.272 e. The molecule has 2 aliphatic heterocycles. The van der Waals surface area contributed by atoms with Crippen LogP contribution in [0.15, 0.2) is 53.5 Å². The van der Waals surface area contributed by atoms with Crippen LogP contribution in [0.1, 0.15) is 24.0 Å². The number of likely N-dealkylation sites (tertiary alicyclic amines) is 1. The molecule has 6 heteroatoms.